The van der Waals surface area contributed by atoms with Crippen molar-refractivity contribution in [1.82, 2.24) is 14.9 Å². The van der Waals surface area contributed by atoms with Gasteiger partial charge in [0.2, 0.25) is 0 Å². The maximum Gasteiger partial charge on any atom is 0.146 e. The first kappa shape index (κ1) is 13.7. The number of ether oxygens (including phenoxy) is 1. The summed E-state index contributed by atoms with van der Waals surface area (Å²) >= 11 is 1.62. The molecule has 0 aromatic carbocycles. The number of piperidine rings is 1. The van der Waals surface area contributed by atoms with E-state index in [1.54, 1.807) is 18.4 Å². The standard InChI is InChI=1S/C14H20N4OS/c1-19-9-10-3-2-5-18(7-10)8-12-16-13(15)11-4-6-20-14(11)17-12/h4,6,10H,2-3,5,7-9H2,1H3,(H2,15,16,17). The third-order valence-corrected chi connectivity index (χ3v) is 4.58. The number of nitrogen functional groups attached to an aromatic ring is 1. The lowest BCUT2D eigenvalue weighted by atomic mass is 9.99. The molecule has 2 aromatic rings. The van der Waals surface area contributed by atoms with E-state index in [2.05, 4.69) is 14.9 Å². The van der Waals surface area contributed by atoms with Gasteiger partial charge in [0.15, 0.2) is 0 Å². The number of fused-ring (bicyclic) bond motifs is 1. The zero-order chi connectivity index (χ0) is 13.9. The second kappa shape index (κ2) is 6.03. The summed E-state index contributed by atoms with van der Waals surface area (Å²) in [5.74, 6) is 2.05. The lowest BCUT2D eigenvalue weighted by Crippen LogP contribution is -2.37. The number of nitrogens with two attached hydrogens (primary N) is 1. The minimum Gasteiger partial charge on any atom is -0.384 e. The van der Waals surface area contributed by atoms with Crippen LogP contribution in [-0.2, 0) is 11.3 Å². The number of nitrogens with zero attached hydrogens (tertiary/aromatic N) is 3. The van der Waals surface area contributed by atoms with Crippen LogP contribution < -0.4 is 5.73 Å². The Labute approximate surface area is 122 Å². The predicted molar refractivity (Wildman–Crippen MR) is 81.7 cm³/mol. The van der Waals surface area contributed by atoms with Gasteiger partial charge in [-0.1, -0.05) is 0 Å². The van der Waals surface area contributed by atoms with Crippen molar-refractivity contribution >= 4 is 27.4 Å². The van der Waals surface area contributed by atoms with Crippen molar-refractivity contribution in [2.75, 3.05) is 32.5 Å². The molecule has 0 aliphatic carbocycles. The van der Waals surface area contributed by atoms with Crippen LogP contribution in [0, 0.1) is 5.92 Å². The van der Waals surface area contributed by atoms with Gasteiger partial charge < -0.3 is 10.5 Å². The minimum atomic E-state index is 0.594. The van der Waals surface area contributed by atoms with Crippen LogP contribution in [0.2, 0.25) is 0 Å². The van der Waals surface area contributed by atoms with E-state index in [9.17, 15) is 0 Å². The predicted octanol–water partition coefficient (Wildman–Crippen LogP) is 2.13. The number of likely N-dealkylation sites (tertiary alicyclic amines) is 1. The molecule has 1 saturated heterocycles. The van der Waals surface area contributed by atoms with Crippen LogP contribution in [0.1, 0.15) is 18.7 Å². The summed E-state index contributed by atoms with van der Waals surface area (Å²) in [5.41, 5.74) is 6.00. The fourth-order valence-corrected chi connectivity index (χ4v) is 3.65. The fourth-order valence-electron chi connectivity index (χ4n) is 2.86. The number of thiophene rings is 1. The number of methoxy groups -OCH3 is 1. The Balaban J connectivity index is 1.72. The molecule has 1 aliphatic heterocycles. The summed E-state index contributed by atoms with van der Waals surface area (Å²) in [6.45, 7) is 3.77. The first-order chi connectivity index (χ1) is 9.76. The van der Waals surface area contributed by atoms with Gasteiger partial charge in [-0.25, -0.2) is 9.97 Å². The highest BCUT2D eigenvalue weighted by atomic mass is 32.1. The summed E-state index contributed by atoms with van der Waals surface area (Å²) in [6, 6.07) is 1.98. The van der Waals surface area contributed by atoms with Crippen LogP contribution >= 0.6 is 11.3 Å². The first-order valence-electron chi connectivity index (χ1n) is 6.97. The molecule has 2 N–H and O–H groups in total. The lowest BCUT2D eigenvalue weighted by molar-refractivity contribution is 0.0862. The van der Waals surface area contributed by atoms with Gasteiger partial charge in [-0.05, 0) is 36.8 Å². The van der Waals surface area contributed by atoms with Gasteiger partial charge in [0, 0.05) is 13.7 Å². The molecule has 0 amide bonds. The van der Waals surface area contributed by atoms with Crippen LogP contribution in [0.4, 0.5) is 5.82 Å². The molecule has 5 nitrogen and oxygen atoms in total. The van der Waals surface area contributed by atoms with E-state index >= 15 is 0 Å². The number of hydrogen-bond donors (Lipinski definition) is 1. The monoisotopic (exact) mass is 292 g/mol. The molecule has 3 rings (SSSR count). The van der Waals surface area contributed by atoms with E-state index < -0.39 is 0 Å². The zero-order valence-electron chi connectivity index (χ0n) is 11.7. The summed E-state index contributed by atoms with van der Waals surface area (Å²) in [7, 11) is 1.77. The second-order valence-corrected chi connectivity index (χ2v) is 6.26. The largest absolute Gasteiger partial charge is 0.384 e. The van der Waals surface area contributed by atoms with Gasteiger partial charge >= 0.3 is 0 Å². The van der Waals surface area contributed by atoms with Gasteiger partial charge in [-0.15, -0.1) is 11.3 Å². The van der Waals surface area contributed by atoms with E-state index in [0.29, 0.717) is 11.7 Å². The molecule has 2 aromatic heterocycles. The Morgan fingerprint density at radius 2 is 2.40 bits per heavy atom. The average Bonchev–Trinajstić information content (AvgIpc) is 2.88. The number of rotatable bonds is 4. The van der Waals surface area contributed by atoms with Crippen molar-refractivity contribution in [3.8, 4) is 0 Å². The smallest absolute Gasteiger partial charge is 0.146 e. The van der Waals surface area contributed by atoms with Crippen molar-refractivity contribution in [3.63, 3.8) is 0 Å². The molecular formula is C14H20N4OS. The van der Waals surface area contributed by atoms with Gasteiger partial charge in [0.05, 0.1) is 18.5 Å². The Hall–Kier alpha value is -1.24. The molecular weight excluding hydrogens is 272 g/mol. The van der Waals surface area contributed by atoms with E-state index in [4.69, 9.17) is 10.5 Å². The summed E-state index contributed by atoms with van der Waals surface area (Å²) < 4.78 is 5.27. The highest BCUT2D eigenvalue weighted by molar-refractivity contribution is 7.16. The van der Waals surface area contributed by atoms with E-state index in [1.165, 1.54) is 12.8 Å². The molecule has 20 heavy (non-hydrogen) atoms. The van der Waals surface area contributed by atoms with Crippen LogP contribution in [0.3, 0.4) is 0 Å². The summed E-state index contributed by atoms with van der Waals surface area (Å²) in [6.07, 6.45) is 2.46. The molecule has 1 aliphatic rings. The topological polar surface area (TPSA) is 64.3 Å². The lowest BCUT2D eigenvalue weighted by Gasteiger charge is -2.31. The second-order valence-electron chi connectivity index (χ2n) is 5.36. The van der Waals surface area contributed by atoms with Crippen LogP contribution in [0.15, 0.2) is 11.4 Å². The molecule has 1 atom stereocenters. The number of hydrogen-bond acceptors (Lipinski definition) is 6. The Morgan fingerprint density at radius 1 is 1.50 bits per heavy atom. The zero-order valence-corrected chi connectivity index (χ0v) is 12.5. The molecule has 0 saturated carbocycles. The van der Waals surface area contributed by atoms with Gasteiger partial charge in [0.25, 0.3) is 0 Å². The minimum absolute atomic E-state index is 0.594. The highest BCUT2D eigenvalue weighted by Crippen LogP contribution is 2.24. The van der Waals surface area contributed by atoms with Gasteiger partial charge in [-0.2, -0.15) is 0 Å². The molecule has 0 radical (unpaired) electrons. The van der Waals surface area contributed by atoms with Crippen LogP contribution in [0.25, 0.3) is 10.2 Å². The molecule has 1 fully saturated rings. The number of anilines is 1. The van der Waals surface area contributed by atoms with Crippen LogP contribution in [0.5, 0.6) is 0 Å². The molecule has 0 bridgehead atoms. The van der Waals surface area contributed by atoms with E-state index in [-0.39, 0.29) is 0 Å². The summed E-state index contributed by atoms with van der Waals surface area (Å²) in [5, 5.41) is 2.98. The fraction of sp³-hybridized carbons (Fsp3) is 0.571. The van der Waals surface area contributed by atoms with Gasteiger partial charge in [0.1, 0.15) is 16.5 Å². The van der Waals surface area contributed by atoms with Crippen LogP contribution in [-0.4, -0.2) is 41.7 Å². The third-order valence-electron chi connectivity index (χ3n) is 3.77. The molecule has 6 heteroatoms. The van der Waals surface area contributed by atoms with E-state index in [1.807, 2.05) is 11.4 Å². The van der Waals surface area contributed by atoms with Crippen molar-refractivity contribution in [3.05, 3.63) is 17.3 Å². The Morgan fingerprint density at radius 3 is 3.25 bits per heavy atom. The highest BCUT2D eigenvalue weighted by Gasteiger charge is 2.21. The first-order valence-corrected chi connectivity index (χ1v) is 7.85. The average molecular weight is 292 g/mol. The van der Waals surface area contributed by atoms with Crippen molar-refractivity contribution < 1.29 is 4.74 Å². The normalized spacial score (nSPS) is 20.6. The molecule has 3 heterocycles. The Bertz CT molecular complexity index is 584. The van der Waals surface area contributed by atoms with Crippen molar-refractivity contribution in [2.24, 2.45) is 5.92 Å². The van der Waals surface area contributed by atoms with Crippen molar-refractivity contribution in [2.45, 2.75) is 19.4 Å². The SMILES string of the molecule is COCC1CCCN(Cc2nc(N)c3ccsc3n2)C1. The maximum absolute atomic E-state index is 6.00. The molecule has 108 valence electrons. The van der Waals surface area contributed by atoms with Gasteiger partial charge in [-0.3, -0.25) is 4.90 Å². The molecule has 1 unspecified atom stereocenters. The molecule has 0 spiro atoms. The Kier molecular flexibility index (Phi) is 4.14. The third kappa shape index (κ3) is 2.92. The van der Waals surface area contributed by atoms with E-state index in [0.717, 1.165) is 42.3 Å². The van der Waals surface area contributed by atoms with Crippen molar-refractivity contribution in [1.29, 1.82) is 0 Å². The number of aromatic nitrogens is 2. The maximum atomic E-state index is 6.00. The quantitative estimate of drug-likeness (QED) is 0.935. The summed E-state index contributed by atoms with van der Waals surface area (Å²) in [4.78, 5) is 12.4.